The number of aliphatic hydroxyl groups is 1. The molecule has 7 nitrogen and oxygen atoms in total. The number of ether oxygens (including phenoxy) is 1. The van der Waals surface area contributed by atoms with Crippen LogP contribution in [-0.4, -0.2) is 48.7 Å². The van der Waals surface area contributed by atoms with Gasteiger partial charge in [-0.1, -0.05) is 54.6 Å². The molecule has 2 amide bonds. The summed E-state index contributed by atoms with van der Waals surface area (Å²) in [5, 5.41) is 15.3. The van der Waals surface area contributed by atoms with E-state index in [4.69, 9.17) is 4.74 Å². The molecule has 0 aromatic heterocycles. The molecule has 0 aliphatic carbocycles. The molecule has 0 unspecified atom stereocenters. The Labute approximate surface area is 210 Å². The number of carbonyl (C=O) groups excluding carboxylic acids is 3. The molecule has 0 saturated heterocycles. The highest BCUT2D eigenvalue weighted by Crippen LogP contribution is 2.18. The lowest BCUT2D eigenvalue weighted by atomic mass is 9.94. The molecule has 3 N–H and O–H groups in total. The summed E-state index contributed by atoms with van der Waals surface area (Å²) in [5.41, 5.74) is 1.82. The van der Waals surface area contributed by atoms with E-state index in [0.717, 1.165) is 11.1 Å². The average Bonchev–Trinajstić information content (AvgIpc) is 2.88. The minimum atomic E-state index is -0.594. The standard InChI is InChI=1S/C28H33FN2O5/c29-24-12-10-21(11-13-24)16-23-9-5-4-8-22(27(34)30-14-15-36-28(23)35)18-26(33)31-25(19-32)17-20-6-2-1-3-7-20/h1-7,10-13,22-23,25,32H,8-9,14-19H2,(H,30,34)(H,31,33)/b5-4-/t22-,23-,25-/m0/s1. The van der Waals surface area contributed by atoms with Crippen molar-refractivity contribution >= 4 is 17.8 Å². The predicted octanol–water partition coefficient (Wildman–Crippen LogP) is 2.72. The first-order chi connectivity index (χ1) is 17.4. The Hall–Kier alpha value is -3.52. The minimum absolute atomic E-state index is 0.0246. The normalized spacial score (nSPS) is 20.7. The van der Waals surface area contributed by atoms with Gasteiger partial charge in [-0.15, -0.1) is 0 Å². The summed E-state index contributed by atoms with van der Waals surface area (Å²) >= 11 is 0. The van der Waals surface area contributed by atoms with Gasteiger partial charge in [0.15, 0.2) is 0 Å². The number of amides is 2. The van der Waals surface area contributed by atoms with E-state index in [0.29, 0.717) is 25.7 Å². The van der Waals surface area contributed by atoms with Crippen LogP contribution in [0.4, 0.5) is 4.39 Å². The lowest BCUT2D eigenvalue weighted by Crippen LogP contribution is -2.42. The van der Waals surface area contributed by atoms with E-state index in [9.17, 15) is 23.9 Å². The zero-order valence-corrected chi connectivity index (χ0v) is 20.2. The van der Waals surface area contributed by atoms with Crippen LogP contribution in [0.1, 0.15) is 30.4 Å². The first-order valence-corrected chi connectivity index (χ1v) is 12.2. The first-order valence-electron chi connectivity index (χ1n) is 12.2. The van der Waals surface area contributed by atoms with Crippen molar-refractivity contribution in [3.63, 3.8) is 0 Å². The molecule has 0 fully saturated rings. The smallest absolute Gasteiger partial charge is 0.309 e. The largest absolute Gasteiger partial charge is 0.464 e. The highest BCUT2D eigenvalue weighted by molar-refractivity contribution is 5.86. The van der Waals surface area contributed by atoms with Gasteiger partial charge in [-0.05, 0) is 48.9 Å². The molecule has 0 spiro atoms. The zero-order chi connectivity index (χ0) is 25.8. The number of allylic oxidation sites excluding steroid dienone is 2. The average molecular weight is 497 g/mol. The minimum Gasteiger partial charge on any atom is -0.464 e. The molecular formula is C28H33FN2O5. The molecule has 0 saturated carbocycles. The van der Waals surface area contributed by atoms with E-state index in [1.807, 2.05) is 36.4 Å². The highest BCUT2D eigenvalue weighted by atomic mass is 19.1. The van der Waals surface area contributed by atoms with Gasteiger partial charge < -0.3 is 20.5 Å². The van der Waals surface area contributed by atoms with E-state index in [2.05, 4.69) is 10.6 Å². The van der Waals surface area contributed by atoms with Crippen LogP contribution in [0.5, 0.6) is 0 Å². The van der Waals surface area contributed by atoms with Crippen LogP contribution in [-0.2, 0) is 32.0 Å². The summed E-state index contributed by atoms with van der Waals surface area (Å²) in [5.74, 6) is -2.35. The summed E-state index contributed by atoms with van der Waals surface area (Å²) in [4.78, 5) is 37.9. The lowest BCUT2D eigenvalue weighted by molar-refractivity contribution is -0.148. The fourth-order valence-corrected chi connectivity index (χ4v) is 4.13. The van der Waals surface area contributed by atoms with Crippen LogP contribution in [0, 0.1) is 17.7 Å². The van der Waals surface area contributed by atoms with Crippen molar-refractivity contribution in [2.45, 2.75) is 38.1 Å². The van der Waals surface area contributed by atoms with E-state index >= 15 is 0 Å². The Morgan fingerprint density at radius 3 is 2.42 bits per heavy atom. The number of aliphatic hydroxyl groups excluding tert-OH is 1. The molecule has 1 heterocycles. The summed E-state index contributed by atoms with van der Waals surface area (Å²) in [6, 6.07) is 15.1. The van der Waals surface area contributed by atoms with Gasteiger partial charge in [0.2, 0.25) is 11.8 Å². The first kappa shape index (κ1) is 27.1. The maximum Gasteiger partial charge on any atom is 0.309 e. The number of benzene rings is 2. The fraction of sp³-hybridized carbons (Fsp3) is 0.393. The van der Waals surface area contributed by atoms with E-state index in [1.165, 1.54) is 12.1 Å². The summed E-state index contributed by atoms with van der Waals surface area (Å²) in [7, 11) is 0. The van der Waals surface area contributed by atoms with Gasteiger partial charge in [0.05, 0.1) is 31.0 Å². The van der Waals surface area contributed by atoms with Gasteiger partial charge in [0, 0.05) is 6.42 Å². The van der Waals surface area contributed by atoms with Crippen molar-refractivity contribution < 1.29 is 28.6 Å². The molecular weight excluding hydrogens is 463 g/mol. The second kappa shape index (κ2) is 14.1. The summed E-state index contributed by atoms with van der Waals surface area (Å²) in [6.07, 6.45) is 5.23. The Morgan fingerprint density at radius 2 is 1.72 bits per heavy atom. The highest BCUT2D eigenvalue weighted by Gasteiger charge is 2.24. The third kappa shape index (κ3) is 8.92. The molecule has 1 aliphatic rings. The van der Waals surface area contributed by atoms with E-state index in [-0.39, 0.29) is 49.8 Å². The molecule has 2 aromatic rings. The molecule has 0 radical (unpaired) electrons. The zero-order valence-electron chi connectivity index (χ0n) is 20.2. The van der Waals surface area contributed by atoms with E-state index in [1.54, 1.807) is 18.2 Å². The molecule has 192 valence electrons. The van der Waals surface area contributed by atoms with Crippen LogP contribution < -0.4 is 10.6 Å². The number of hydrogen-bond donors (Lipinski definition) is 3. The third-order valence-corrected chi connectivity index (χ3v) is 6.10. The Balaban J connectivity index is 1.59. The Morgan fingerprint density at radius 1 is 1.03 bits per heavy atom. The molecule has 0 bridgehead atoms. The van der Waals surface area contributed by atoms with Crippen LogP contribution in [0.25, 0.3) is 0 Å². The Kier molecular flexibility index (Phi) is 10.6. The molecule has 2 aromatic carbocycles. The second-order valence-corrected chi connectivity index (χ2v) is 8.97. The SMILES string of the molecule is O=C(C[C@@H]1C/C=C\C[C@@H](Cc2ccc(F)cc2)C(=O)OCCNC1=O)N[C@H](CO)Cc1ccccc1. The number of nitrogens with one attached hydrogen (secondary N) is 2. The van der Waals surface area contributed by atoms with Crippen molar-refractivity contribution in [1.82, 2.24) is 10.6 Å². The number of cyclic esters (lactones) is 1. The maximum atomic E-state index is 13.2. The van der Waals surface area contributed by atoms with Gasteiger partial charge in [0.1, 0.15) is 12.4 Å². The van der Waals surface area contributed by atoms with Gasteiger partial charge >= 0.3 is 5.97 Å². The molecule has 3 rings (SSSR count). The van der Waals surface area contributed by atoms with E-state index < -0.39 is 17.9 Å². The van der Waals surface area contributed by atoms with Crippen LogP contribution >= 0.6 is 0 Å². The summed E-state index contributed by atoms with van der Waals surface area (Å²) < 4.78 is 18.6. The van der Waals surface area contributed by atoms with Gasteiger partial charge in [-0.3, -0.25) is 14.4 Å². The molecule has 8 heteroatoms. The lowest BCUT2D eigenvalue weighted by Gasteiger charge is -2.20. The molecule has 1 aliphatic heterocycles. The number of hydrogen-bond acceptors (Lipinski definition) is 5. The molecule has 3 atom stereocenters. The van der Waals surface area contributed by atoms with Crippen LogP contribution in [0.2, 0.25) is 0 Å². The maximum absolute atomic E-state index is 13.2. The van der Waals surface area contributed by atoms with Crippen molar-refractivity contribution in [2.75, 3.05) is 19.8 Å². The predicted molar refractivity (Wildman–Crippen MR) is 133 cm³/mol. The number of halogens is 1. The number of rotatable bonds is 8. The quantitative estimate of drug-likeness (QED) is 0.385. The van der Waals surface area contributed by atoms with Crippen molar-refractivity contribution in [2.24, 2.45) is 11.8 Å². The Bertz CT molecular complexity index is 1030. The topological polar surface area (TPSA) is 105 Å². The number of carbonyl (C=O) groups is 3. The van der Waals surface area contributed by atoms with Crippen LogP contribution in [0.15, 0.2) is 66.7 Å². The summed E-state index contributed by atoms with van der Waals surface area (Å²) in [6.45, 7) is -0.0437. The fourth-order valence-electron chi connectivity index (χ4n) is 4.13. The van der Waals surface area contributed by atoms with Crippen molar-refractivity contribution in [3.05, 3.63) is 83.7 Å². The van der Waals surface area contributed by atoms with Gasteiger partial charge in [0.25, 0.3) is 0 Å². The second-order valence-electron chi connectivity index (χ2n) is 8.97. The van der Waals surface area contributed by atoms with Gasteiger partial charge in [-0.2, -0.15) is 0 Å². The third-order valence-electron chi connectivity index (χ3n) is 6.10. The van der Waals surface area contributed by atoms with Gasteiger partial charge in [-0.25, -0.2) is 4.39 Å². The van der Waals surface area contributed by atoms with Crippen LogP contribution in [0.3, 0.4) is 0 Å². The number of esters is 1. The monoisotopic (exact) mass is 496 g/mol. The van der Waals surface area contributed by atoms with Crippen molar-refractivity contribution in [3.8, 4) is 0 Å². The van der Waals surface area contributed by atoms with Crippen molar-refractivity contribution in [1.29, 1.82) is 0 Å². The molecule has 36 heavy (non-hydrogen) atoms.